The molecule has 0 saturated heterocycles. The third-order valence-corrected chi connectivity index (χ3v) is 8.06. The fourth-order valence-corrected chi connectivity index (χ4v) is 5.38. The van der Waals surface area contributed by atoms with Crippen LogP contribution in [-0.2, 0) is 19.9 Å². The molecule has 168 valence electrons. The number of para-hydroxylation sites is 1. The van der Waals surface area contributed by atoms with Crippen LogP contribution in [0.4, 0.5) is 11.4 Å². The fourth-order valence-electron chi connectivity index (χ4n) is 4.62. The number of carbonyl (C=O) groups excluding carboxylic acids is 2. The van der Waals surface area contributed by atoms with Crippen LogP contribution in [0.5, 0.6) is 0 Å². The second kappa shape index (κ2) is 7.99. The molecular formula is C25H30N2O4Si. The molecule has 2 amide bonds. The molecule has 0 aliphatic carbocycles. The SMILES string of the molecule is C=Cc1cccc2c1[C@@](O)([C@@H]1C(=O)N(COCC[Si](C)(C)C)c3ccccc31)C(=O)N2C. The zero-order chi connectivity index (χ0) is 23.3. The Morgan fingerprint density at radius 3 is 2.50 bits per heavy atom. The number of rotatable bonds is 7. The van der Waals surface area contributed by atoms with Crippen LogP contribution in [0, 0.1) is 0 Å². The van der Waals surface area contributed by atoms with E-state index in [2.05, 4.69) is 26.2 Å². The molecule has 0 bridgehead atoms. The van der Waals surface area contributed by atoms with Crippen molar-refractivity contribution in [1.82, 2.24) is 0 Å². The van der Waals surface area contributed by atoms with E-state index >= 15 is 0 Å². The predicted molar refractivity (Wildman–Crippen MR) is 129 cm³/mol. The summed E-state index contributed by atoms with van der Waals surface area (Å²) in [6.07, 6.45) is 1.61. The lowest BCUT2D eigenvalue weighted by molar-refractivity contribution is -0.144. The lowest BCUT2D eigenvalue weighted by Crippen LogP contribution is -2.47. The number of carbonyl (C=O) groups is 2. The van der Waals surface area contributed by atoms with Crippen LogP contribution >= 0.6 is 0 Å². The molecule has 2 aromatic rings. The van der Waals surface area contributed by atoms with Gasteiger partial charge in [0, 0.05) is 27.3 Å². The number of likely N-dealkylation sites (N-methyl/N-ethyl adjacent to an activating group) is 1. The molecule has 2 aromatic carbocycles. The van der Waals surface area contributed by atoms with Gasteiger partial charge < -0.3 is 14.7 Å². The highest BCUT2D eigenvalue weighted by atomic mass is 28.3. The third kappa shape index (κ3) is 3.41. The molecule has 2 heterocycles. The Morgan fingerprint density at radius 1 is 1.12 bits per heavy atom. The van der Waals surface area contributed by atoms with Crippen LogP contribution in [0.1, 0.15) is 22.6 Å². The van der Waals surface area contributed by atoms with Crippen LogP contribution in [0.15, 0.2) is 49.0 Å². The van der Waals surface area contributed by atoms with Crippen molar-refractivity contribution < 1.29 is 19.4 Å². The van der Waals surface area contributed by atoms with Crippen molar-refractivity contribution in [1.29, 1.82) is 0 Å². The van der Waals surface area contributed by atoms with Gasteiger partial charge in [-0.25, -0.2) is 0 Å². The summed E-state index contributed by atoms with van der Waals surface area (Å²) in [6, 6.07) is 13.7. The van der Waals surface area contributed by atoms with E-state index in [0.29, 0.717) is 34.7 Å². The van der Waals surface area contributed by atoms with Gasteiger partial charge in [-0.1, -0.05) is 62.6 Å². The Labute approximate surface area is 190 Å². The summed E-state index contributed by atoms with van der Waals surface area (Å²) in [5.41, 5.74) is 0.931. The largest absolute Gasteiger partial charge is 0.374 e. The molecule has 7 heteroatoms. The van der Waals surface area contributed by atoms with Gasteiger partial charge in [0.15, 0.2) is 5.60 Å². The van der Waals surface area contributed by atoms with Gasteiger partial charge in [0.05, 0.1) is 11.4 Å². The van der Waals surface area contributed by atoms with Crippen molar-refractivity contribution in [3.05, 3.63) is 65.7 Å². The van der Waals surface area contributed by atoms with E-state index in [0.717, 1.165) is 6.04 Å². The lowest BCUT2D eigenvalue weighted by Gasteiger charge is -2.29. The normalized spacial score (nSPS) is 22.3. The Morgan fingerprint density at radius 2 is 1.81 bits per heavy atom. The average molecular weight is 451 g/mol. The van der Waals surface area contributed by atoms with Crippen molar-refractivity contribution in [3.8, 4) is 0 Å². The second-order valence-electron chi connectivity index (χ2n) is 9.68. The molecule has 2 aliphatic rings. The first-order valence-electron chi connectivity index (χ1n) is 10.9. The molecule has 6 nitrogen and oxygen atoms in total. The van der Waals surface area contributed by atoms with Crippen molar-refractivity contribution in [2.24, 2.45) is 0 Å². The maximum atomic E-state index is 13.7. The van der Waals surface area contributed by atoms with E-state index < -0.39 is 25.5 Å². The van der Waals surface area contributed by atoms with Gasteiger partial charge in [-0.3, -0.25) is 14.5 Å². The van der Waals surface area contributed by atoms with Crippen molar-refractivity contribution >= 4 is 37.3 Å². The summed E-state index contributed by atoms with van der Waals surface area (Å²) in [4.78, 5) is 30.1. The Kier molecular flexibility index (Phi) is 5.61. The Bertz CT molecular complexity index is 1090. The first kappa shape index (κ1) is 22.5. The third-order valence-electron chi connectivity index (χ3n) is 6.35. The van der Waals surface area contributed by atoms with Crippen LogP contribution in [0.25, 0.3) is 6.08 Å². The van der Waals surface area contributed by atoms with Crippen LogP contribution in [0.3, 0.4) is 0 Å². The van der Waals surface area contributed by atoms with Gasteiger partial charge in [0.25, 0.3) is 5.91 Å². The fraction of sp³-hybridized carbons (Fsp3) is 0.360. The molecule has 0 aromatic heterocycles. The molecule has 2 aliphatic heterocycles. The zero-order valence-electron chi connectivity index (χ0n) is 19.1. The van der Waals surface area contributed by atoms with E-state index in [9.17, 15) is 14.7 Å². The standard InChI is InChI=1S/C25H30N2O4Si/c1-6-17-10-9-13-20-21(17)25(30,24(29)26(20)2)22-18-11-7-8-12-19(18)27(23(22)28)16-31-14-15-32(3,4)5/h6-13,22,30H,1,14-16H2,2-5H3/t22-,25+/m0/s1. The minimum Gasteiger partial charge on any atom is -0.374 e. The minimum atomic E-state index is -2.02. The zero-order valence-corrected chi connectivity index (χ0v) is 20.1. The molecule has 0 unspecified atom stereocenters. The number of hydrogen-bond acceptors (Lipinski definition) is 4. The Balaban J connectivity index is 1.75. The molecule has 0 fully saturated rings. The number of ether oxygens (including phenoxy) is 1. The lowest BCUT2D eigenvalue weighted by atomic mass is 9.77. The summed E-state index contributed by atoms with van der Waals surface area (Å²) in [5, 5.41) is 12.0. The molecular weight excluding hydrogens is 420 g/mol. The second-order valence-corrected chi connectivity index (χ2v) is 15.3. The summed E-state index contributed by atoms with van der Waals surface area (Å²) in [7, 11) is 0.355. The number of hydrogen-bond donors (Lipinski definition) is 1. The molecule has 0 radical (unpaired) electrons. The Hall–Kier alpha value is -2.74. The van der Waals surface area contributed by atoms with E-state index in [1.54, 1.807) is 36.2 Å². The van der Waals surface area contributed by atoms with Crippen LogP contribution in [0.2, 0.25) is 25.7 Å². The maximum absolute atomic E-state index is 13.7. The number of fused-ring (bicyclic) bond motifs is 2. The van der Waals surface area contributed by atoms with E-state index in [4.69, 9.17) is 4.74 Å². The first-order chi connectivity index (χ1) is 15.1. The minimum absolute atomic E-state index is 0.0902. The van der Waals surface area contributed by atoms with E-state index in [-0.39, 0.29) is 12.6 Å². The molecule has 0 saturated carbocycles. The average Bonchev–Trinajstić information content (AvgIpc) is 3.15. The highest BCUT2D eigenvalue weighted by molar-refractivity contribution is 6.76. The van der Waals surface area contributed by atoms with Gasteiger partial charge in [-0.05, 0) is 29.3 Å². The monoisotopic (exact) mass is 450 g/mol. The predicted octanol–water partition coefficient (Wildman–Crippen LogP) is 3.94. The topological polar surface area (TPSA) is 70.1 Å². The molecule has 32 heavy (non-hydrogen) atoms. The number of amides is 2. The number of benzene rings is 2. The summed E-state index contributed by atoms with van der Waals surface area (Å²) >= 11 is 0. The van der Waals surface area contributed by atoms with Gasteiger partial charge in [0.1, 0.15) is 12.6 Å². The smallest absolute Gasteiger partial charge is 0.264 e. The number of nitrogens with zero attached hydrogens (tertiary/aromatic N) is 2. The molecule has 1 N–H and O–H groups in total. The molecule has 0 spiro atoms. The highest BCUT2D eigenvalue weighted by Crippen LogP contribution is 2.54. The maximum Gasteiger partial charge on any atom is 0.264 e. The summed E-state index contributed by atoms with van der Waals surface area (Å²) in [6.45, 7) is 11.3. The quantitative estimate of drug-likeness (QED) is 0.512. The van der Waals surface area contributed by atoms with E-state index in [1.807, 2.05) is 24.3 Å². The van der Waals surface area contributed by atoms with Gasteiger partial charge >= 0.3 is 0 Å². The first-order valence-corrected chi connectivity index (χ1v) is 14.6. The van der Waals surface area contributed by atoms with Crippen molar-refractivity contribution in [2.45, 2.75) is 37.2 Å². The van der Waals surface area contributed by atoms with Crippen molar-refractivity contribution in [2.75, 3.05) is 30.2 Å². The van der Waals surface area contributed by atoms with Crippen LogP contribution in [-0.4, -0.2) is 45.4 Å². The van der Waals surface area contributed by atoms with Gasteiger partial charge in [-0.2, -0.15) is 0 Å². The summed E-state index contributed by atoms with van der Waals surface area (Å²) < 4.78 is 5.87. The van der Waals surface area contributed by atoms with Crippen molar-refractivity contribution in [3.63, 3.8) is 0 Å². The van der Waals surface area contributed by atoms with E-state index in [1.165, 1.54) is 4.90 Å². The summed E-state index contributed by atoms with van der Waals surface area (Å²) in [5.74, 6) is -1.91. The molecule has 2 atom stereocenters. The molecule has 4 rings (SSSR count). The number of aliphatic hydroxyl groups is 1. The number of anilines is 2. The van der Waals surface area contributed by atoms with Crippen LogP contribution < -0.4 is 9.80 Å². The highest BCUT2D eigenvalue weighted by Gasteiger charge is 2.61. The van der Waals surface area contributed by atoms with Gasteiger partial charge in [0.2, 0.25) is 5.91 Å². The van der Waals surface area contributed by atoms with Gasteiger partial charge in [-0.15, -0.1) is 0 Å².